The minimum absolute atomic E-state index is 0.279. The Kier molecular flexibility index (Phi) is 3.21. The van der Waals surface area contributed by atoms with Gasteiger partial charge in [-0.1, -0.05) is 11.3 Å². The normalized spacial score (nSPS) is 24.2. The van der Waals surface area contributed by atoms with Crippen molar-refractivity contribution in [2.75, 3.05) is 18.0 Å². The lowest BCUT2D eigenvalue weighted by Gasteiger charge is -2.34. The predicted octanol–water partition coefficient (Wildman–Crippen LogP) is 1.41. The van der Waals surface area contributed by atoms with Crippen molar-refractivity contribution >= 4 is 16.5 Å². The van der Waals surface area contributed by atoms with Crippen LogP contribution in [0, 0.1) is 12.8 Å². The van der Waals surface area contributed by atoms with Crippen LogP contribution in [0.4, 0.5) is 5.13 Å². The number of rotatable bonds is 2. The molecule has 1 aliphatic heterocycles. The molecule has 2 rings (SSSR count). The van der Waals surface area contributed by atoms with E-state index in [0.717, 1.165) is 23.2 Å². The Hall–Kier alpha value is -0.680. The highest BCUT2D eigenvalue weighted by molar-refractivity contribution is 7.15. The van der Waals surface area contributed by atoms with Crippen molar-refractivity contribution < 1.29 is 0 Å². The lowest BCUT2D eigenvalue weighted by Crippen LogP contribution is -2.42. The van der Waals surface area contributed by atoms with Gasteiger partial charge in [-0.2, -0.15) is 0 Å². The van der Waals surface area contributed by atoms with E-state index in [2.05, 4.69) is 22.0 Å². The zero-order valence-electron chi connectivity index (χ0n) is 9.31. The van der Waals surface area contributed by atoms with E-state index in [4.69, 9.17) is 5.73 Å². The summed E-state index contributed by atoms with van der Waals surface area (Å²) < 4.78 is 0. The van der Waals surface area contributed by atoms with E-state index >= 15 is 0 Å². The molecule has 1 aliphatic rings. The molecule has 0 radical (unpaired) electrons. The van der Waals surface area contributed by atoms with Gasteiger partial charge >= 0.3 is 0 Å². The van der Waals surface area contributed by atoms with Crippen molar-refractivity contribution in [1.82, 2.24) is 10.2 Å². The zero-order chi connectivity index (χ0) is 10.8. The van der Waals surface area contributed by atoms with Gasteiger partial charge in [0.1, 0.15) is 5.01 Å². The van der Waals surface area contributed by atoms with Crippen LogP contribution in [0.25, 0.3) is 0 Å². The number of nitrogens with zero attached hydrogens (tertiary/aromatic N) is 3. The number of hydrogen-bond donors (Lipinski definition) is 1. The summed E-state index contributed by atoms with van der Waals surface area (Å²) in [4.78, 5) is 2.32. The van der Waals surface area contributed by atoms with Crippen LogP contribution < -0.4 is 10.6 Å². The number of piperidine rings is 1. The summed E-state index contributed by atoms with van der Waals surface area (Å²) >= 11 is 1.67. The van der Waals surface area contributed by atoms with Crippen molar-refractivity contribution in [2.45, 2.75) is 32.7 Å². The van der Waals surface area contributed by atoms with Crippen LogP contribution >= 0.6 is 11.3 Å². The van der Waals surface area contributed by atoms with Crippen LogP contribution in [0.1, 0.15) is 24.8 Å². The van der Waals surface area contributed by atoms with Gasteiger partial charge in [0, 0.05) is 19.1 Å². The number of hydrogen-bond acceptors (Lipinski definition) is 5. The molecule has 1 saturated heterocycles. The van der Waals surface area contributed by atoms with Crippen LogP contribution in [0.15, 0.2) is 0 Å². The third-order valence-corrected chi connectivity index (χ3v) is 3.89. The topological polar surface area (TPSA) is 55.0 Å². The summed E-state index contributed by atoms with van der Waals surface area (Å²) in [5.74, 6) is 0.600. The largest absolute Gasteiger partial charge is 0.346 e. The molecule has 0 spiro atoms. The molecule has 84 valence electrons. The summed E-state index contributed by atoms with van der Waals surface area (Å²) in [5.41, 5.74) is 5.95. The van der Waals surface area contributed by atoms with E-state index in [0.29, 0.717) is 5.92 Å². The molecule has 1 aromatic rings. The Morgan fingerprint density at radius 2 is 2.33 bits per heavy atom. The number of aryl methyl sites for hydroxylation is 1. The van der Waals surface area contributed by atoms with Gasteiger partial charge in [-0.15, -0.1) is 10.2 Å². The first-order valence-electron chi connectivity index (χ1n) is 5.47. The smallest absolute Gasteiger partial charge is 0.208 e. The minimum Gasteiger partial charge on any atom is -0.346 e. The highest BCUT2D eigenvalue weighted by Crippen LogP contribution is 2.26. The van der Waals surface area contributed by atoms with Crippen molar-refractivity contribution in [3.8, 4) is 0 Å². The van der Waals surface area contributed by atoms with Gasteiger partial charge in [-0.05, 0) is 32.6 Å². The first-order valence-corrected chi connectivity index (χ1v) is 6.29. The second kappa shape index (κ2) is 4.45. The number of nitrogens with two attached hydrogens (primary N) is 1. The molecule has 0 bridgehead atoms. The first kappa shape index (κ1) is 10.8. The molecule has 2 heterocycles. The maximum Gasteiger partial charge on any atom is 0.208 e. The van der Waals surface area contributed by atoms with Gasteiger partial charge in [0.2, 0.25) is 5.13 Å². The van der Waals surface area contributed by atoms with Crippen LogP contribution in [-0.4, -0.2) is 29.3 Å². The van der Waals surface area contributed by atoms with Crippen LogP contribution in [0.3, 0.4) is 0 Å². The second-order valence-electron chi connectivity index (χ2n) is 4.31. The molecular formula is C10H18N4S. The average molecular weight is 226 g/mol. The maximum absolute atomic E-state index is 5.95. The van der Waals surface area contributed by atoms with Gasteiger partial charge in [-0.25, -0.2) is 0 Å². The Balaban J connectivity index is 2.04. The summed E-state index contributed by atoms with van der Waals surface area (Å²) in [6.45, 7) is 6.22. The Bertz CT molecular complexity index is 323. The van der Waals surface area contributed by atoms with Crippen LogP contribution in [-0.2, 0) is 0 Å². The standard InChI is InChI=1S/C10H18N4S/c1-7(11)9-4-3-5-14(6-9)10-13-12-8(2)15-10/h7,9H,3-6,11H2,1-2H3. The van der Waals surface area contributed by atoms with Crippen LogP contribution in [0.2, 0.25) is 0 Å². The molecule has 0 aliphatic carbocycles. The molecule has 2 N–H and O–H groups in total. The van der Waals surface area contributed by atoms with Crippen molar-refractivity contribution in [3.63, 3.8) is 0 Å². The van der Waals surface area contributed by atoms with E-state index in [1.165, 1.54) is 12.8 Å². The molecule has 15 heavy (non-hydrogen) atoms. The van der Waals surface area contributed by atoms with Gasteiger partial charge < -0.3 is 10.6 Å². The fourth-order valence-electron chi connectivity index (χ4n) is 2.03. The highest BCUT2D eigenvalue weighted by atomic mass is 32.1. The molecule has 2 atom stereocenters. The molecule has 1 fully saturated rings. The van der Waals surface area contributed by atoms with Crippen molar-refractivity contribution in [3.05, 3.63) is 5.01 Å². The SMILES string of the molecule is Cc1nnc(N2CCCC(C(C)N)C2)s1. The molecule has 5 heteroatoms. The Labute approximate surface area is 94.5 Å². The monoisotopic (exact) mass is 226 g/mol. The molecule has 0 saturated carbocycles. The van der Waals surface area contributed by atoms with Gasteiger partial charge in [-0.3, -0.25) is 0 Å². The lowest BCUT2D eigenvalue weighted by molar-refractivity contribution is 0.364. The summed E-state index contributed by atoms with van der Waals surface area (Å²) in [6.07, 6.45) is 2.46. The lowest BCUT2D eigenvalue weighted by atomic mass is 9.92. The van der Waals surface area contributed by atoms with Gasteiger partial charge in [0.05, 0.1) is 0 Å². The third-order valence-electron chi connectivity index (χ3n) is 2.99. The highest BCUT2D eigenvalue weighted by Gasteiger charge is 2.24. The van der Waals surface area contributed by atoms with E-state index in [9.17, 15) is 0 Å². The van der Waals surface area contributed by atoms with E-state index in [1.54, 1.807) is 11.3 Å². The fraction of sp³-hybridized carbons (Fsp3) is 0.800. The van der Waals surface area contributed by atoms with E-state index in [-0.39, 0.29) is 6.04 Å². The van der Waals surface area contributed by atoms with E-state index in [1.807, 2.05) is 6.92 Å². The number of anilines is 1. The fourth-order valence-corrected chi connectivity index (χ4v) is 2.75. The summed E-state index contributed by atoms with van der Waals surface area (Å²) in [5, 5.41) is 10.3. The second-order valence-corrected chi connectivity index (χ2v) is 5.47. The Morgan fingerprint density at radius 1 is 1.53 bits per heavy atom. The third kappa shape index (κ3) is 2.46. The molecule has 1 aromatic heterocycles. The van der Waals surface area contributed by atoms with E-state index < -0.39 is 0 Å². The predicted molar refractivity (Wildman–Crippen MR) is 63.2 cm³/mol. The molecule has 0 amide bonds. The summed E-state index contributed by atoms with van der Waals surface area (Å²) in [7, 11) is 0. The number of aromatic nitrogens is 2. The molecule has 4 nitrogen and oxygen atoms in total. The minimum atomic E-state index is 0.279. The average Bonchev–Trinajstić information content (AvgIpc) is 2.65. The van der Waals surface area contributed by atoms with Crippen molar-refractivity contribution in [1.29, 1.82) is 0 Å². The Morgan fingerprint density at radius 3 is 2.93 bits per heavy atom. The molecule has 2 unspecified atom stereocenters. The van der Waals surface area contributed by atoms with Gasteiger partial charge in [0.25, 0.3) is 0 Å². The maximum atomic E-state index is 5.95. The summed E-state index contributed by atoms with van der Waals surface area (Å²) in [6, 6.07) is 0.279. The van der Waals surface area contributed by atoms with Gasteiger partial charge in [0.15, 0.2) is 0 Å². The first-order chi connectivity index (χ1) is 7.16. The zero-order valence-corrected chi connectivity index (χ0v) is 10.1. The van der Waals surface area contributed by atoms with Crippen molar-refractivity contribution in [2.24, 2.45) is 11.7 Å². The molecular weight excluding hydrogens is 208 g/mol. The molecule has 0 aromatic carbocycles. The quantitative estimate of drug-likeness (QED) is 0.828. The van der Waals surface area contributed by atoms with Crippen LogP contribution in [0.5, 0.6) is 0 Å².